The van der Waals surface area contributed by atoms with Crippen LogP contribution < -0.4 is 9.64 Å². The third-order valence-electron chi connectivity index (χ3n) is 6.01. The molecule has 1 unspecified atom stereocenters. The Balaban J connectivity index is 1.65. The molecule has 32 heavy (non-hydrogen) atoms. The number of aliphatic hydroxyl groups is 1. The number of quaternary nitrogens is 1. The molecule has 0 saturated carbocycles. The van der Waals surface area contributed by atoms with Crippen molar-refractivity contribution in [2.75, 3.05) is 46.5 Å². The molecule has 8 heteroatoms. The van der Waals surface area contributed by atoms with Gasteiger partial charge in [-0.3, -0.25) is 14.6 Å². The van der Waals surface area contributed by atoms with Crippen LogP contribution in [0.1, 0.15) is 23.6 Å². The van der Waals surface area contributed by atoms with Crippen LogP contribution in [0.2, 0.25) is 0 Å². The van der Waals surface area contributed by atoms with E-state index in [1.54, 1.807) is 47.6 Å². The van der Waals surface area contributed by atoms with Crippen molar-refractivity contribution < 1.29 is 29.1 Å². The highest BCUT2D eigenvalue weighted by molar-refractivity contribution is 6.46. The van der Waals surface area contributed by atoms with E-state index in [1.807, 2.05) is 6.07 Å². The van der Waals surface area contributed by atoms with Crippen LogP contribution in [0.25, 0.3) is 5.76 Å². The third-order valence-corrected chi connectivity index (χ3v) is 6.01. The Labute approximate surface area is 187 Å². The van der Waals surface area contributed by atoms with E-state index in [2.05, 4.69) is 4.98 Å². The lowest BCUT2D eigenvalue weighted by atomic mass is 9.96. The fourth-order valence-corrected chi connectivity index (χ4v) is 4.33. The Bertz CT molecular complexity index is 1000. The Morgan fingerprint density at radius 3 is 2.78 bits per heavy atom. The van der Waals surface area contributed by atoms with Crippen molar-refractivity contribution in [2.45, 2.75) is 12.5 Å². The van der Waals surface area contributed by atoms with Crippen molar-refractivity contribution in [1.29, 1.82) is 0 Å². The van der Waals surface area contributed by atoms with Gasteiger partial charge in [0.2, 0.25) is 0 Å². The van der Waals surface area contributed by atoms with E-state index in [9.17, 15) is 14.7 Å². The first-order valence-electron chi connectivity index (χ1n) is 10.8. The minimum atomic E-state index is -0.686. The highest BCUT2D eigenvalue weighted by atomic mass is 16.5. The number of nitrogens with zero attached hydrogens (tertiary/aromatic N) is 2. The summed E-state index contributed by atoms with van der Waals surface area (Å²) in [4.78, 5) is 33.2. The van der Waals surface area contributed by atoms with Crippen LogP contribution >= 0.6 is 0 Å². The van der Waals surface area contributed by atoms with Gasteiger partial charge >= 0.3 is 0 Å². The molecule has 2 aromatic rings. The predicted octanol–water partition coefficient (Wildman–Crippen LogP) is 0.817. The maximum atomic E-state index is 13.1. The standard InChI is InChI=1S/C24H27N3O5/c1-31-19-7-2-5-17(15-19)22(28)20-21(18-6-3-8-25-16-18)27(24(30)23(20)29)10-4-9-26-11-13-32-14-12-26/h2-3,5-8,15-16,21,28H,4,9-14H2,1H3/p+1. The van der Waals surface area contributed by atoms with Crippen LogP contribution in [0.5, 0.6) is 5.75 Å². The number of hydrogen-bond donors (Lipinski definition) is 2. The van der Waals surface area contributed by atoms with Crippen LogP contribution in [0, 0.1) is 0 Å². The van der Waals surface area contributed by atoms with Crippen LogP contribution in [-0.4, -0.2) is 73.2 Å². The number of nitrogens with one attached hydrogen (secondary N) is 1. The highest BCUT2D eigenvalue weighted by Crippen LogP contribution is 2.39. The van der Waals surface area contributed by atoms with E-state index in [1.165, 1.54) is 12.0 Å². The van der Waals surface area contributed by atoms with E-state index in [4.69, 9.17) is 9.47 Å². The van der Waals surface area contributed by atoms with Gasteiger partial charge in [0.1, 0.15) is 24.6 Å². The zero-order valence-electron chi connectivity index (χ0n) is 18.1. The minimum absolute atomic E-state index is 0.0787. The number of amides is 1. The number of morpholine rings is 1. The smallest absolute Gasteiger partial charge is 0.295 e. The van der Waals surface area contributed by atoms with Crippen LogP contribution in [0.3, 0.4) is 0 Å². The number of aromatic nitrogens is 1. The second-order valence-electron chi connectivity index (χ2n) is 7.98. The number of pyridine rings is 1. The number of hydrogen-bond acceptors (Lipinski definition) is 6. The van der Waals surface area contributed by atoms with Crippen LogP contribution in [-0.2, 0) is 14.3 Å². The number of ketones is 1. The molecule has 1 aromatic heterocycles. The number of carbonyl (C=O) groups excluding carboxylic acids is 2. The van der Waals surface area contributed by atoms with Crippen molar-refractivity contribution in [3.63, 3.8) is 0 Å². The molecule has 3 heterocycles. The summed E-state index contributed by atoms with van der Waals surface area (Å²) >= 11 is 0. The van der Waals surface area contributed by atoms with Gasteiger partial charge in [0.05, 0.1) is 38.5 Å². The summed E-state index contributed by atoms with van der Waals surface area (Å²) in [6.07, 6.45) is 4.02. The average molecular weight is 439 g/mol. The second kappa shape index (κ2) is 9.93. The zero-order chi connectivity index (χ0) is 22.5. The number of likely N-dealkylation sites (tertiary alicyclic amines) is 1. The summed E-state index contributed by atoms with van der Waals surface area (Å²) in [5, 5.41) is 11.1. The van der Waals surface area contributed by atoms with Gasteiger partial charge in [-0.2, -0.15) is 0 Å². The molecule has 8 nitrogen and oxygen atoms in total. The number of benzene rings is 1. The maximum absolute atomic E-state index is 13.1. The first-order valence-corrected chi connectivity index (χ1v) is 10.8. The van der Waals surface area contributed by atoms with Crippen molar-refractivity contribution in [2.24, 2.45) is 0 Å². The fraction of sp³-hybridized carbons (Fsp3) is 0.375. The van der Waals surface area contributed by atoms with Crippen LogP contribution in [0.4, 0.5) is 0 Å². The SMILES string of the molecule is COc1cccc(C(O)=C2C(=O)C(=O)N(CCC[NH+]3CCOCC3)C2c2cccnc2)c1. The summed E-state index contributed by atoms with van der Waals surface area (Å²) in [6.45, 7) is 4.69. The van der Waals surface area contributed by atoms with E-state index in [0.717, 1.165) is 39.3 Å². The van der Waals surface area contributed by atoms with Crippen molar-refractivity contribution in [3.05, 3.63) is 65.5 Å². The first-order chi connectivity index (χ1) is 15.6. The number of methoxy groups -OCH3 is 1. The molecular weight excluding hydrogens is 410 g/mol. The Kier molecular flexibility index (Phi) is 6.82. The van der Waals surface area contributed by atoms with Gasteiger partial charge in [-0.15, -0.1) is 0 Å². The molecule has 0 radical (unpaired) electrons. The summed E-state index contributed by atoms with van der Waals surface area (Å²) in [5.41, 5.74) is 1.19. The number of Topliss-reactive ketones (excluding diaryl/α,β-unsaturated/α-hetero) is 1. The normalized spacial score (nSPS) is 21.2. The molecule has 2 fully saturated rings. The van der Waals surface area contributed by atoms with E-state index < -0.39 is 17.7 Å². The van der Waals surface area contributed by atoms with Gasteiger partial charge in [0, 0.05) is 30.9 Å². The van der Waals surface area contributed by atoms with Gasteiger partial charge in [-0.25, -0.2) is 0 Å². The fourth-order valence-electron chi connectivity index (χ4n) is 4.33. The van der Waals surface area contributed by atoms with Gasteiger partial charge in [-0.1, -0.05) is 18.2 Å². The molecule has 1 aromatic carbocycles. The molecule has 1 amide bonds. The van der Waals surface area contributed by atoms with Gasteiger partial charge < -0.3 is 24.4 Å². The molecule has 0 bridgehead atoms. The lowest BCUT2D eigenvalue weighted by Gasteiger charge is -2.27. The quantitative estimate of drug-likeness (QED) is 0.378. The van der Waals surface area contributed by atoms with E-state index >= 15 is 0 Å². The van der Waals surface area contributed by atoms with E-state index in [-0.39, 0.29) is 11.3 Å². The molecule has 1 atom stereocenters. The summed E-state index contributed by atoms with van der Waals surface area (Å²) in [5.74, 6) is -0.940. The zero-order valence-corrected chi connectivity index (χ0v) is 18.1. The Morgan fingerprint density at radius 1 is 1.25 bits per heavy atom. The topological polar surface area (TPSA) is 93.4 Å². The first kappa shape index (κ1) is 22.0. The maximum Gasteiger partial charge on any atom is 0.295 e. The molecule has 2 aliphatic rings. The summed E-state index contributed by atoms with van der Waals surface area (Å²) in [7, 11) is 1.53. The van der Waals surface area contributed by atoms with Gasteiger partial charge in [0.15, 0.2) is 0 Å². The molecule has 0 aliphatic carbocycles. The molecule has 2 saturated heterocycles. The predicted molar refractivity (Wildman–Crippen MR) is 117 cm³/mol. The summed E-state index contributed by atoms with van der Waals surface area (Å²) < 4.78 is 10.6. The number of ether oxygens (including phenoxy) is 2. The van der Waals surface area contributed by atoms with Crippen molar-refractivity contribution >= 4 is 17.4 Å². The monoisotopic (exact) mass is 438 g/mol. The molecular formula is C24H28N3O5+. The van der Waals surface area contributed by atoms with E-state index in [0.29, 0.717) is 23.4 Å². The lowest BCUT2D eigenvalue weighted by Crippen LogP contribution is -3.14. The van der Waals surface area contributed by atoms with Crippen LogP contribution in [0.15, 0.2) is 54.4 Å². The number of carbonyl (C=O) groups is 2. The molecule has 168 valence electrons. The van der Waals surface area contributed by atoms with Crippen molar-refractivity contribution in [1.82, 2.24) is 9.88 Å². The number of aliphatic hydroxyl groups excluding tert-OH is 1. The molecule has 4 rings (SSSR count). The molecule has 2 N–H and O–H groups in total. The largest absolute Gasteiger partial charge is 0.507 e. The molecule has 2 aliphatic heterocycles. The minimum Gasteiger partial charge on any atom is -0.507 e. The summed E-state index contributed by atoms with van der Waals surface area (Å²) in [6, 6.07) is 9.71. The van der Waals surface area contributed by atoms with Gasteiger partial charge in [-0.05, 0) is 23.8 Å². The Morgan fingerprint density at radius 2 is 2.06 bits per heavy atom. The lowest BCUT2D eigenvalue weighted by molar-refractivity contribution is -0.908. The Hall–Kier alpha value is -3.23. The average Bonchev–Trinajstić information content (AvgIpc) is 3.10. The third kappa shape index (κ3) is 4.51. The molecule has 0 spiro atoms. The van der Waals surface area contributed by atoms with Gasteiger partial charge in [0.25, 0.3) is 11.7 Å². The second-order valence-corrected chi connectivity index (χ2v) is 7.98. The van der Waals surface area contributed by atoms with Crippen molar-refractivity contribution in [3.8, 4) is 5.75 Å². The number of rotatable bonds is 7. The highest BCUT2D eigenvalue weighted by Gasteiger charge is 2.46.